The van der Waals surface area contributed by atoms with Crippen molar-refractivity contribution in [2.75, 3.05) is 18.0 Å². The first kappa shape index (κ1) is 16.9. The van der Waals surface area contributed by atoms with Gasteiger partial charge in [-0.15, -0.1) is 0 Å². The second-order valence-corrected chi connectivity index (χ2v) is 6.96. The van der Waals surface area contributed by atoms with E-state index in [0.29, 0.717) is 6.04 Å². The van der Waals surface area contributed by atoms with Gasteiger partial charge >= 0.3 is 0 Å². The second-order valence-electron chi connectivity index (χ2n) is 6.96. The van der Waals surface area contributed by atoms with Crippen molar-refractivity contribution in [2.24, 2.45) is 0 Å². The van der Waals surface area contributed by atoms with Gasteiger partial charge in [-0.1, -0.05) is 35.9 Å². The van der Waals surface area contributed by atoms with Crippen molar-refractivity contribution in [3.05, 3.63) is 72.1 Å². The number of furan rings is 1. The Hall–Kier alpha value is -2.59. The highest BCUT2D eigenvalue weighted by molar-refractivity contribution is 5.57. The van der Waals surface area contributed by atoms with Crippen LogP contribution in [0.5, 0.6) is 0 Å². The Kier molecular flexibility index (Phi) is 5.02. The van der Waals surface area contributed by atoms with Gasteiger partial charge in [-0.05, 0) is 44.0 Å². The molecule has 1 aliphatic heterocycles. The van der Waals surface area contributed by atoms with Crippen LogP contribution in [0.3, 0.4) is 0 Å². The Morgan fingerprint density at radius 2 is 1.85 bits per heavy atom. The molecule has 134 valence electrons. The first-order valence-corrected chi connectivity index (χ1v) is 9.33. The highest BCUT2D eigenvalue weighted by Crippen LogP contribution is 2.23. The highest BCUT2D eigenvalue weighted by Gasteiger charge is 2.19. The molecule has 4 rings (SSSR count). The number of aromatic nitrogens is 1. The monoisotopic (exact) mass is 347 g/mol. The summed E-state index contributed by atoms with van der Waals surface area (Å²) in [7, 11) is 0. The molecule has 4 heteroatoms. The number of hydrogen-bond donors (Lipinski definition) is 1. The lowest BCUT2D eigenvalue weighted by atomic mass is 10.0. The Balaban J connectivity index is 1.28. The van der Waals surface area contributed by atoms with E-state index in [0.717, 1.165) is 55.4 Å². The van der Waals surface area contributed by atoms with Crippen LogP contribution in [0.2, 0.25) is 0 Å². The van der Waals surface area contributed by atoms with E-state index in [-0.39, 0.29) is 0 Å². The lowest BCUT2D eigenvalue weighted by Crippen LogP contribution is -2.42. The number of anilines is 1. The van der Waals surface area contributed by atoms with E-state index < -0.39 is 0 Å². The topological polar surface area (TPSA) is 41.3 Å². The lowest BCUT2D eigenvalue weighted by Gasteiger charge is -2.33. The molecule has 1 aliphatic rings. The summed E-state index contributed by atoms with van der Waals surface area (Å²) in [5.41, 5.74) is 2.39. The molecule has 0 unspecified atom stereocenters. The molecular weight excluding hydrogens is 322 g/mol. The number of hydrogen-bond acceptors (Lipinski definition) is 4. The van der Waals surface area contributed by atoms with Crippen LogP contribution in [0.1, 0.15) is 24.2 Å². The number of nitrogens with one attached hydrogen (secondary N) is 1. The van der Waals surface area contributed by atoms with Crippen LogP contribution in [-0.4, -0.2) is 24.1 Å². The molecule has 4 nitrogen and oxygen atoms in total. The lowest BCUT2D eigenvalue weighted by molar-refractivity contribution is 0.390. The average molecular weight is 347 g/mol. The van der Waals surface area contributed by atoms with E-state index in [1.165, 1.54) is 5.56 Å². The third-order valence-electron chi connectivity index (χ3n) is 5.03. The van der Waals surface area contributed by atoms with Gasteiger partial charge in [0.25, 0.3) is 0 Å². The predicted molar refractivity (Wildman–Crippen MR) is 105 cm³/mol. The number of benzene rings is 1. The van der Waals surface area contributed by atoms with Gasteiger partial charge in [0.05, 0.1) is 6.54 Å². The molecule has 0 amide bonds. The molecule has 0 bridgehead atoms. The van der Waals surface area contributed by atoms with E-state index >= 15 is 0 Å². The van der Waals surface area contributed by atoms with Crippen molar-refractivity contribution >= 4 is 5.82 Å². The van der Waals surface area contributed by atoms with Crippen LogP contribution in [0.15, 0.2) is 65.2 Å². The molecule has 1 saturated heterocycles. The fourth-order valence-electron chi connectivity index (χ4n) is 3.44. The zero-order valence-corrected chi connectivity index (χ0v) is 15.2. The summed E-state index contributed by atoms with van der Waals surface area (Å²) >= 11 is 0. The van der Waals surface area contributed by atoms with Gasteiger partial charge in [-0.3, -0.25) is 0 Å². The Morgan fingerprint density at radius 1 is 1.04 bits per heavy atom. The number of aryl methyl sites for hydroxylation is 1. The summed E-state index contributed by atoms with van der Waals surface area (Å²) in [5, 5.41) is 3.64. The molecule has 0 radical (unpaired) electrons. The van der Waals surface area contributed by atoms with Gasteiger partial charge in [0.1, 0.15) is 17.3 Å². The molecule has 1 fully saturated rings. The van der Waals surface area contributed by atoms with Crippen molar-refractivity contribution in [1.29, 1.82) is 0 Å². The average Bonchev–Trinajstić information content (AvgIpc) is 3.17. The van der Waals surface area contributed by atoms with Crippen LogP contribution in [0.25, 0.3) is 11.3 Å². The molecule has 0 saturated carbocycles. The summed E-state index contributed by atoms with van der Waals surface area (Å²) < 4.78 is 6.01. The minimum Gasteiger partial charge on any atom is -0.460 e. The molecule has 2 aromatic heterocycles. The standard InChI is InChI=1S/C22H25N3O/c1-17-5-7-18(8-6-17)21-10-9-20(26-21)16-24-19-11-14-25(15-12-19)22-4-2-3-13-23-22/h2-10,13,19,24H,11-12,14-16H2,1H3. The highest BCUT2D eigenvalue weighted by atomic mass is 16.3. The summed E-state index contributed by atoms with van der Waals surface area (Å²) in [6, 6.07) is 19.2. The first-order chi connectivity index (χ1) is 12.8. The largest absolute Gasteiger partial charge is 0.460 e. The number of piperidine rings is 1. The van der Waals surface area contributed by atoms with Gasteiger partial charge in [-0.25, -0.2) is 4.98 Å². The van der Waals surface area contributed by atoms with Gasteiger partial charge in [0, 0.05) is 30.9 Å². The maximum Gasteiger partial charge on any atom is 0.134 e. The molecule has 1 aromatic carbocycles. The van der Waals surface area contributed by atoms with Gasteiger partial charge in [0.15, 0.2) is 0 Å². The fraction of sp³-hybridized carbons (Fsp3) is 0.318. The zero-order valence-electron chi connectivity index (χ0n) is 15.2. The van der Waals surface area contributed by atoms with E-state index in [1.54, 1.807) is 0 Å². The second kappa shape index (κ2) is 7.75. The van der Waals surface area contributed by atoms with Crippen LogP contribution >= 0.6 is 0 Å². The zero-order chi connectivity index (χ0) is 17.8. The summed E-state index contributed by atoms with van der Waals surface area (Å²) in [5.74, 6) is 3.01. The van der Waals surface area contributed by atoms with Crippen molar-refractivity contribution in [1.82, 2.24) is 10.3 Å². The first-order valence-electron chi connectivity index (χ1n) is 9.33. The minimum absolute atomic E-state index is 0.530. The van der Waals surface area contributed by atoms with E-state index in [9.17, 15) is 0 Å². The summed E-state index contributed by atoms with van der Waals surface area (Å²) in [6.07, 6.45) is 4.12. The molecular formula is C22H25N3O. The van der Waals surface area contributed by atoms with Gasteiger partial charge in [0.2, 0.25) is 0 Å². The van der Waals surface area contributed by atoms with Crippen molar-refractivity contribution in [3.8, 4) is 11.3 Å². The smallest absolute Gasteiger partial charge is 0.134 e. The molecule has 1 N–H and O–H groups in total. The molecule has 0 atom stereocenters. The Bertz CT molecular complexity index is 818. The summed E-state index contributed by atoms with van der Waals surface area (Å²) in [4.78, 5) is 6.81. The minimum atomic E-state index is 0.530. The normalized spacial score (nSPS) is 15.3. The van der Waals surface area contributed by atoms with E-state index in [1.807, 2.05) is 12.3 Å². The molecule has 0 spiro atoms. The van der Waals surface area contributed by atoms with Crippen LogP contribution in [0, 0.1) is 6.92 Å². The molecule has 26 heavy (non-hydrogen) atoms. The van der Waals surface area contributed by atoms with Crippen molar-refractivity contribution in [2.45, 2.75) is 32.4 Å². The number of rotatable bonds is 5. The van der Waals surface area contributed by atoms with E-state index in [2.05, 4.69) is 70.7 Å². The van der Waals surface area contributed by atoms with Crippen molar-refractivity contribution in [3.63, 3.8) is 0 Å². The van der Waals surface area contributed by atoms with Crippen LogP contribution < -0.4 is 10.2 Å². The maximum absolute atomic E-state index is 6.01. The Morgan fingerprint density at radius 3 is 2.58 bits per heavy atom. The molecule has 3 aromatic rings. The van der Waals surface area contributed by atoms with Gasteiger partial charge in [-0.2, -0.15) is 0 Å². The SMILES string of the molecule is Cc1ccc(-c2ccc(CNC3CCN(c4ccccn4)CC3)o2)cc1. The quantitative estimate of drug-likeness (QED) is 0.742. The fourth-order valence-corrected chi connectivity index (χ4v) is 3.44. The molecule has 0 aliphatic carbocycles. The molecule has 3 heterocycles. The van der Waals surface area contributed by atoms with Crippen LogP contribution in [0.4, 0.5) is 5.82 Å². The maximum atomic E-state index is 6.01. The third-order valence-corrected chi connectivity index (χ3v) is 5.03. The van der Waals surface area contributed by atoms with Gasteiger partial charge < -0.3 is 14.6 Å². The third kappa shape index (κ3) is 3.97. The number of nitrogens with zero attached hydrogens (tertiary/aromatic N) is 2. The van der Waals surface area contributed by atoms with Crippen molar-refractivity contribution < 1.29 is 4.42 Å². The van der Waals surface area contributed by atoms with Crippen LogP contribution in [-0.2, 0) is 6.54 Å². The van der Waals surface area contributed by atoms with E-state index in [4.69, 9.17) is 4.42 Å². The number of pyridine rings is 1. The Labute approximate surface area is 154 Å². The predicted octanol–water partition coefficient (Wildman–Crippen LogP) is 4.41. The summed E-state index contributed by atoms with van der Waals surface area (Å²) in [6.45, 7) is 4.96.